The summed E-state index contributed by atoms with van der Waals surface area (Å²) in [6, 6.07) is 24.9. The lowest BCUT2D eigenvalue weighted by atomic mass is 10.1. The zero-order chi connectivity index (χ0) is 24.0. The number of halogens is 1. The third-order valence-corrected chi connectivity index (χ3v) is 6.47. The predicted molar refractivity (Wildman–Crippen MR) is 147 cm³/mol. The highest BCUT2D eigenvalue weighted by molar-refractivity contribution is 7.80. The van der Waals surface area contributed by atoms with Gasteiger partial charge in [0.15, 0.2) is 10.9 Å². The van der Waals surface area contributed by atoms with Gasteiger partial charge in [-0.1, -0.05) is 54.1 Å². The van der Waals surface area contributed by atoms with Gasteiger partial charge in [0.1, 0.15) is 0 Å². The molecular weight excluding hydrogens is 498 g/mol. The molecule has 0 aliphatic carbocycles. The van der Waals surface area contributed by atoms with Gasteiger partial charge < -0.3 is 16.0 Å². The molecule has 0 aliphatic rings. The number of benzene rings is 2. The molecule has 10 heteroatoms. The van der Waals surface area contributed by atoms with Crippen LogP contribution in [0, 0.1) is 0 Å². The summed E-state index contributed by atoms with van der Waals surface area (Å²) >= 11 is 13.3. The molecule has 0 spiro atoms. The molecule has 5 rings (SSSR count). The number of anilines is 4. The van der Waals surface area contributed by atoms with Crippen LogP contribution in [0.1, 0.15) is 0 Å². The van der Waals surface area contributed by atoms with Crippen LogP contribution in [0.5, 0.6) is 0 Å². The number of rotatable bonds is 6. The van der Waals surface area contributed by atoms with Gasteiger partial charge in [-0.05, 0) is 54.0 Å². The van der Waals surface area contributed by atoms with Crippen molar-refractivity contribution < 1.29 is 0 Å². The maximum atomic E-state index is 6.26. The van der Waals surface area contributed by atoms with Crippen molar-refractivity contribution in [2.24, 2.45) is 0 Å². The fourth-order valence-electron chi connectivity index (χ4n) is 3.28. The fourth-order valence-corrected chi connectivity index (χ4v) is 4.61. The third kappa shape index (κ3) is 5.60. The maximum Gasteiger partial charge on any atom is 0.227 e. The molecule has 2 aromatic carbocycles. The average molecular weight is 516 g/mol. The van der Waals surface area contributed by atoms with Crippen molar-refractivity contribution in [1.82, 2.24) is 20.2 Å². The molecule has 0 saturated carbocycles. The van der Waals surface area contributed by atoms with E-state index in [2.05, 4.69) is 36.1 Å². The zero-order valence-electron chi connectivity index (χ0n) is 18.1. The third-order valence-electron chi connectivity index (χ3n) is 4.90. The van der Waals surface area contributed by atoms with Crippen LogP contribution in [-0.4, -0.2) is 25.3 Å². The molecule has 0 aliphatic heterocycles. The van der Waals surface area contributed by atoms with E-state index < -0.39 is 0 Å². The maximum absolute atomic E-state index is 6.26. The molecule has 0 radical (unpaired) electrons. The fraction of sp³-hybridized carbons (Fsp3) is 0. The molecule has 3 aromatic heterocycles. The Morgan fingerprint density at radius 3 is 2.34 bits per heavy atom. The van der Waals surface area contributed by atoms with E-state index in [4.69, 9.17) is 23.8 Å². The number of hydrogen-bond donors (Lipinski definition) is 3. The van der Waals surface area contributed by atoms with E-state index in [0.29, 0.717) is 21.9 Å². The summed E-state index contributed by atoms with van der Waals surface area (Å²) in [4.78, 5) is 9.84. The van der Waals surface area contributed by atoms with Crippen LogP contribution in [0.3, 0.4) is 0 Å². The molecule has 0 bridgehead atoms. The lowest BCUT2D eigenvalue weighted by Gasteiger charge is -2.14. The first-order valence-corrected chi connectivity index (χ1v) is 12.2. The molecule has 0 saturated heterocycles. The Bertz CT molecular complexity index is 1460. The first-order valence-electron chi connectivity index (χ1n) is 10.6. The standard InChI is InChI=1S/C25H18ClN7S2/c26-17-13-15-35-23(17)21-12-14-27-24(29-21)28-19-8-4-5-9-20(19)30-25(34)31-22-11-10-18(32-33-22)16-6-2-1-3-7-16/h1-15H,(H,27,28,29)(H2,30,31,33,34). The summed E-state index contributed by atoms with van der Waals surface area (Å²) in [6.07, 6.45) is 1.70. The number of thiocarbonyl (C=S) groups is 1. The molecule has 7 nitrogen and oxygen atoms in total. The van der Waals surface area contributed by atoms with Gasteiger partial charge >= 0.3 is 0 Å². The Labute approximate surface area is 216 Å². The van der Waals surface area contributed by atoms with Crippen molar-refractivity contribution in [2.75, 3.05) is 16.0 Å². The van der Waals surface area contributed by atoms with Gasteiger partial charge in [-0.15, -0.1) is 21.5 Å². The van der Waals surface area contributed by atoms with Crippen LogP contribution in [0.15, 0.2) is 90.4 Å². The quantitative estimate of drug-likeness (QED) is 0.211. The van der Waals surface area contributed by atoms with Gasteiger partial charge in [-0.3, -0.25) is 0 Å². The SMILES string of the molecule is S=C(Nc1ccc(-c2ccccc2)nn1)Nc1ccccc1Nc1nccc(-c2sccc2Cl)n1. The molecule has 0 amide bonds. The summed E-state index contributed by atoms with van der Waals surface area (Å²) < 4.78 is 0. The van der Waals surface area contributed by atoms with Gasteiger partial charge in [-0.25, -0.2) is 9.97 Å². The Morgan fingerprint density at radius 1 is 0.800 bits per heavy atom. The Hall–Kier alpha value is -3.92. The summed E-state index contributed by atoms with van der Waals surface area (Å²) in [5, 5.41) is 21.0. The second-order valence-electron chi connectivity index (χ2n) is 7.28. The van der Waals surface area contributed by atoms with E-state index >= 15 is 0 Å². The molecule has 0 fully saturated rings. The molecule has 3 heterocycles. The van der Waals surface area contributed by atoms with E-state index in [0.717, 1.165) is 33.2 Å². The minimum atomic E-state index is 0.376. The molecular formula is C25H18ClN7S2. The minimum absolute atomic E-state index is 0.376. The normalized spacial score (nSPS) is 10.5. The lowest BCUT2D eigenvalue weighted by Crippen LogP contribution is -2.20. The van der Waals surface area contributed by atoms with Crippen LogP contribution in [0.2, 0.25) is 5.02 Å². The van der Waals surface area contributed by atoms with Gasteiger partial charge in [-0.2, -0.15) is 0 Å². The number of thiophene rings is 1. The summed E-state index contributed by atoms with van der Waals surface area (Å²) in [6.45, 7) is 0. The highest BCUT2D eigenvalue weighted by Gasteiger charge is 2.10. The summed E-state index contributed by atoms with van der Waals surface area (Å²) in [5.41, 5.74) is 4.05. The number of nitrogens with one attached hydrogen (secondary N) is 3. The Balaban J connectivity index is 1.27. The molecule has 35 heavy (non-hydrogen) atoms. The van der Waals surface area contributed by atoms with Crippen molar-refractivity contribution in [1.29, 1.82) is 0 Å². The number of nitrogens with zero attached hydrogens (tertiary/aromatic N) is 4. The number of para-hydroxylation sites is 2. The average Bonchev–Trinajstić information content (AvgIpc) is 3.32. The Morgan fingerprint density at radius 2 is 1.60 bits per heavy atom. The van der Waals surface area contributed by atoms with E-state index in [9.17, 15) is 0 Å². The van der Waals surface area contributed by atoms with E-state index in [1.54, 1.807) is 6.20 Å². The largest absolute Gasteiger partial charge is 0.331 e. The second-order valence-corrected chi connectivity index (χ2v) is 9.01. The van der Waals surface area contributed by atoms with Crippen LogP contribution in [0.4, 0.5) is 23.1 Å². The molecule has 0 unspecified atom stereocenters. The monoisotopic (exact) mass is 515 g/mol. The van der Waals surface area contributed by atoms with Crippen LogP contribution < -0.4 is 16.0 Å². The van der Waals surface area contributed by atoms with Gasteiger partial charge in [0.2, 0.25) is 5.95 Å². The number of aromatic nitrogens is 4. The molecule has 5 aromatic rings. The summed E-state index contributed by atoms with van der Waals surface area (Å²) in [7, 11) is 0. The van der Waals surface area contributed by atoms with Crippen molar-refractivity contribution in [3.8, 4) is 21.8 Å². The van der Waals surface area contributed by atoms with Crippen molar-refractivity contribution in [3.05, 3.63) is 95.5 Å². The van der Waals surface area contributed by atoms with Gasteiger partial charge in [0.25, 0.3) is 0 Å². The summed E-state index contributed by atoms with van der Waals surface area (Å²) in [5.74, 6) is 0.985. The van der Waals surface area contributed by atoms with Crippen molar-refractivity contribution >= 4 is 63.4 Å². The molecule has 3 N–H and O–H groups in total. The van der Waals surface area contributed by atoms with Crippen LogP contribution in [-0.2, 0) is 0 Å². The molecule has 172 valence electrons. The van der Waals surface area contributed by atoms with Gasteiger partial charge in [0.05, 0.1) is 32.7 Å². The zero-order valence-corrected chi connectivity index (χ0v) is 20.5. The lowest BCUT2D eigenvalue weighted by molar-refractivity contribution is 1.05. The highest BCUT2D eigenvalue weighted by atomic mass is 35.5. The first-order chi connectivity index (χ1) is 17.2. The van der Waals surface area contributed by atoms with Crippen molar-refractivity contribution in [3.63, 3.8) is 0 Å². The molecule has 0 atom stereocenters. The van der Waals surface area contributed by atoms with E-state index in [1.165, 1.54) is 11.3 Å². The Kier molecular flexibility index (Phi) is 6.89. The first kappa shape index (κ1) is 22.9. The second kappa shape index (κ2) is 10.6. The van der Waals surface area contributed by atoms with Crippen LogP contribution in [0.25, 0.3) is 21.8 Å². The topological polar surface area (TPSA) is 87.7 Å². The predicted octanol–water partition coefficient (Wildman–Crippen LogP) is 6.87. The van der Waals surface area contributed by atoms with Gasteiger partial charge in [0, 0.05) is 11.8 Å². The van der Waals surface area contributed by atoms with E-state index in [1.807, 2.05) is 84.2 Å². The number of hydrogen-bond acceptors (Lipinski definition) is 7. The smallest absolute Gasteiger partial charge is 0.227 e. The van der Waals surface area contributed by atoms with Crippen LogP contribution >= 0.6 is 35.2 Å². The van der Waals surface area contributed by atoms with Crippen molar-refractivity contribution in [2.45, 2.75) is 0 Å². The highest BCUT2D eigenvalue weighted by Crippen LogP contribution is 2.32. The minimum Gasteiger partial charge on any atom is -0.331 e. The van der Waals surface area contributed by atoms with E-state index in [-0.39, 0.29) is 0 Å².